The van der Waals surface area contributed by atoms with E-state index in [2.05, 4.69) is 36.2 Å². The van der Waals surface area contributed by atoms with Crippen LogP contribution in [0.5, 0.6) is 0 Å². The molecule has 1 saturated heterocycles. The van der Waals surface area contributed by atoms with Gasteiger partial charge in [-0.3, -0.25) is 14.5 Å². The lowest BCUT2D eigenvalue weighted by Gasteiger charge is -2.41. The number of nitrogens with one attached hydrogen (secondary N) is 1. The van der Waals surface area contributed by atoms with Gasteiger partial charge in [-0.05, 0) is 71.3 Å². The molecule has 1 aliphatic heterocycles. The number of amides is 1. The van der Waals surface area contributed by atoms with Crippen LogP contribution in [0.1, 0.15) is 73.3 Å². The molecule has 0 radical (unpaired) electrons. The quantitative estimate of drug-likeness (QED) is 0.517. The monoisotopic (exact) mass is 460 g/mol. The number of esters is 1. The van der Waals surface area contributed by atoms with Crippen LogP contribution in [0.15, 0.2) is 30.3 Å². The van der Waals surface area contributed by atoms with Crippen LogP contribution in [0.3, 0.4) is 0 Å². The molecule has 6 heteroatoms. The minimum atomic E-state index is -0.576. The van der Waals surface area contributed by atoms with Crippen molar-refractivity contribution >= 4 is 11.9 Å². The van der Waals surface area contributed by atoms with Crippen LogP contribution in [0.25, 0.3) is 0 Å². The second kappa shape index (κ2) is 12.0. The topological polar surface area (TPSA) is 78.9 Å². The lowest BCUT2D eigenvalue weighted by atomic mass is 9.83. The highest BCUT2D eigenvalue weighted by Gasteiger charge is 2.46. The predicted molar refractivity (Wildman–Crippen MR) is 132 cm³/mol. The third kappa shape index (κ3) is 8.11. The minimum absolute atomic E-state index is 0.000796. The SMILES string of the molecule is CCCC(C(C)NC(C)=O)C(Cc1ccccc1)N1CC(C(C)O)CC1C(=O)OC(C)(C)C. The number of rotatable bonds is 10. The molecule has 1 heterocycles. The van der Waals surface area contributed by atoms with Gasteiger partial charge in [0.25, 0.3) is 0 Å². The summed E-state index contributed by atoms with van der Waals surface area (Å²) in [5.74, 6) is -0.129. The van der Waals surface area contributed by atoms with Gasteiger partial charge in [-0.15, -0.1) is 0 Å². The molecule has 6 unspecified atom stereocenters. The molecule has 2 rings (SSSR count). The maximum atomic E-state index is 13.3. The first-order valence-corrected chi connectivity index (χ1v) is 12.4. The number of nitrogens with zero attached hydrogens (tertiary/aromatic N) is 1. The van der Waals surface area contributed by atoms with Crippen molar-refractivity contribution in [3.63, 3.8) is 0 Å². The molecule has 0 saturated carbocycles. The molecule has 1 amide bonds. The Bertz CT molecular complexity index is 759. The van der Waals surface area contributed by atoms with Crippen LogP contribution in [0, 0.1) is 11.8 Å². The largest absolute Gasteiger partial charge is 0.459 e. The van der Waals surface area contributed by atoms with E-state index < -0.39 is 17.7 Å². The van der Waals surface area contributed by atoms with Gasteiger partial charge < -0.3 is 15.2 Å². The van der Waals surface area contributed by atoms with E-state index in [0.717, 1.165) is 19.3 Å². The summed E-state index contributed by atoms with van der Waals surface area (Å²) in [7, 11) is 0. The Labute approximate surface area is 200 Å². The maximum absolute atomic E-state index is 13.3. The molecular formula is C27H44N2O4. The van der Waals surface area contributed by atoms with Crippen molar-refractivity contribution in [3.8, 4) is 0 Å². The summed E-state index contributed by atoms with van der Waals surface area (Å²) in [6.07, 6.45) is 2.74. The Morgan fingerprint density at radius 1 is 1.21 bits per heavy atom. The first-order chi connectivity index (χ1) is 15.4. The molecule has 6 nitrogen and oxygen atoms in total. The molecule has 1 aromatic carbocycles. The summed E-state index contributed by atoms with van der Waals surface area (Å²) in [5, 5.41) is 13.5. The fourth-order valence-corrected chi connectivity index (χ4v) is 5.12. The Morgan fingerprint density at radius 3 is 2.36 bits per heavy atom. The van der Waals surface area contributed by atoms with Crippen molar-refractivity contribution in [3.05, 3.63) is 35.9 Å². The van der Waals surface area contributed by atoms with E-state index >= 15 is 0 Å². The lowest BCUT2D eigenvalue weighted by Crippen LogP contribution is -2.54. The lowest BCUT2D eigenvalue weighted by molar-refractivity contribution is -0.161. The standard InChI is InChI=1S/C27H44N2O4/c1-8-12-23(18(2)28-20(4)31)24(15-21-13-10-9-11-14-21)29-17-22(19(3)30)16-25(29)26(32)33-27(5,6)7/h9-11,13-14,18-19,22-25,30H,8,12,15-17H2,1-7H3,(H,28,31). The molecule has 186 valence electrons. The molecule has 0 spiro atoms. The summed E-state index contributed by atoms with van der Waals surface area (Å²) < 4.78 is 5.81. The van der Waals surface area contributed by atoms with Crippen LogP contribution in [0.2, 0.25) is 0 Å². The molecule has 1 fully saturated rings. The Hall–Kier alpha value is -1.92. The van der Waals surface area contributed by atoms with E-state index in [9.17, 15) is 14.7 Å². The van der Waals surface area contributed by atoms with Crippen LogP contribution in [0.4, 0.5) is 0 Å². The average Bonchev–Trinajstić information content (AvgIpc) is 3.15. The van der Waals surface area contributed by atoms with Crippen molar-refractivity contribution in [2.45, 2.75) is 104 Å². The number of aliphatic hydroxyl groups excluding tert-OH is 1. The van der Waals surface area contributed by atoms with Gasteiger partial charge in [0, 0.05) is 25.6 Å². The molecule has 1 aliphatic rings. The zero-order chi connectivity index (χ0) is 24.8. The highest BCUT2D eigenvalue weighted by atomic mass is 16.6. The van der Waals surface area contributed by atoms with E-state index in [-0.39, 0.29) is 35.8 Å². The van der Waals surface area contributed by atoms with E-state index in [4.69, 9.17) is 4.74 Å². The van der Waals surface area contributed by atoms with E-state index in [1.54, 1.807) is 13.8 Å². The van der Waals surface area contributed by atoms with Gasteiger partial charge in [0.1, 0.15) is 11.6 Å². The predicted octanol–water partition coefficient (Wildman–Crippen LogP) is 3.95. The first-order valence-electron chi connectivity index (χ1n) is 12.4. The number of carbonyl (C=O) groups excluding carboxylic acids is 2. The van der Waals surface area contributed by atoms with Crippen molar-refractivity contribution in [2.75, 3.05) is 6.54 Å². The Kier molecular flexibility index (Phi) is 9.92. The van der Waals surface area contributed by atoms with Gasteiger partial charge in [0.05, 0.1) is 6.10 Å². The normalized spacial score (nSPS) is 22.9. The average molecular weight is 461 g/mol. The second-order valence-electron chi connectivity index (χ2n) is 10.7. The van der Waals surface area contributed by atoms with Crippen molar-refractivity contribution in [2.24, 2.45) is 11.8 Å². The molecule has 6 atom stereocenters. The third-order valence-electron chi connectivity index (χ3n) is 6.64. The zero-order valence-corrected chi connectivity index (χ0v) is 21.5. The number of ether oxygens (including phenoxy) is 1. The van der Waals surface area contributed by atoms with E-state index in [1.165, 1.54) is 5.56 Å². The molecular weight excluding hydrogens is 416 g/mol. The van der Waals surface area contributed by atoms with Gasteiger partial charge in [-0.1, -0.05) is 43.7 Å². The fraction of sp³-hybridized carbons (Fsp3) is 0.704. The van der Waals surface area contributed by atoms with Crippen LogP contribution in [-0.4, -0.2) is 58.3 Å². The van der Waals surface area contributed by atoms with Crippen molar-refractivity contribution in [1.82, 2.24) is 10.2 Å². The number of hydrogen-bond acceptors (Lipinski definition) is 5. The molecule has 0 bridgehead atoms. The number of hydrogen-bond donors (Lipinski definition) is 2. The third-order valence-corrected chi connectivity index (χ3v) is 6.64. The molecule has 2 N–H and O–H groups in total. The summed E-state index contributed by atoms with van der Waals surface area (Å²) >= 11 is 0. The molecule has 0 aliphatic carbocycles. The summed E-state index contributed by atoms with van der Waals surface area (Å²) in [4.78, 5) is 27.5. The van der Waals surface area contributed by atoms with E-state index in [0.29, 0.717) is 13.0 Å². The number of aliphatic hydroxyl groups is 1. The van der Waals surface area contributed by atoms with Crippen LogP contribution in [-0.2, 0) is 20.7 Å². The molecule has 33 heavy (non-hydrogen) atoms. The second-order valence-corrected chi connectivity index (χ2v) is 10.7. The van der Waals surface area contributed by atoms with Crippen molar-refractivity contribution in [1.29, 1.82) is 0 Å². The number of benzene rings is 1. The molecule has 0 aromatic heterocycles. The smallest absolute Gasteiger partial charge is 0.323 e. The van der Waals surface area contributed by atoms with Gasteiger partial charge in [-0.2, -0.15) is 0 Å². The van der Waals surface area contributed by atoms with Crippen molar-refractivity contribution < 1.29 is 19.4 Å². The molecule has 1 aromatic rings. The van der Waals surface area contributed by atoms with Gasteiger partial charge in [0.15, 0.2) is 0 Å². The van der Waals surface area contributed by atoms with Crippen LogP contribution >= 0.6 is 0 Å². The Balaban J connectivity index is 2.47. The highest BCUT2D eigenvalue weighted by molar-refractivity contribution is 5.77. The minimum Gasteiger partial charge on any atom is -0.459 e. The summed E-state index contributed by atoms with van der Waals surface area (Å²) in [5.41, 5.74) is 0.620. The van der Waals surface area contributed by atoms with Gasteiger partial charge in [0.2, 0.25) is 5.91 Å². The first kappa shape index (κ1) is 27.3. The summed E-state index contributed by atoms with van der Waals surface area (Å²) in [6, 6.07) is 9.87. The van der Waals surface area contributed by atoms with Gasteiger partial charge >= 0.3 is 5.97 Å². The van der Waals surface area contributed by atoms with Gasteiger partial charge in [-0.25, -0.2) is 0 Å². The number of carbonyl (C=O) groups is 2. The zero-order valence-electron chi connectivity index (χ0n) is 21.5. The van der Waals surface area contributed by atoms with E-state index in [1.807, 2.05) is 39.0 Å². The number of likely N-dealkylation sites (tertiary alicyclic amines) is 1. The highest BCUT2D eigenvalue weighted by Crippen LogP contribution is 2.35. The Morgan fingerprint density at radius 2 is 1.85 bits per heavy atom. The fourth-order valence-electron chi connectivity index (χ4n) is 5.12. The summed E-state index contributed by atoms with van der Waals surface area (Å²) in [6.45, 7) is 13.9. The maximum Gasteiger partial charge on any atom is 0.323 e. The van der Waals surface area contributed by atoms with Crippen LogP contribution < -0.4 is 5.32 Å².